The van der Waals surface area contributed by atoms with E-state index in [0.717, 1.165) is 47.1 Å². The third-order valence-electron chi connectivity index (χ3n) is 3.74. The number of aryl methyl sites for hydroxylation is 1. The van der Waals surface area contributed by atoms with Gasteiger partial charge in [-0.2, -0.15) is 5.10 Å². The van der Waals surface area contributed by atoms with Gasteiger partial charge in [0.15, 0.2) is 11.5 Å². The van der Waals surface area contributed by atoms with Gasteiger partial charge in [0, 0.05) is 18.9 Å². The molecule has 1 aromatic carbocycles. The van der Waals surface area contributed by atoms with Crippen molar-refractivity contribution in [3.8, 4) is 5.75 Å². The van der Waals surface area contributed by atoms with Crippen molar-refractivity contribution in [3.63, 3.8) is 0 Å². The summed E-state index contributed by atoms with van der Waals surface area (Å²) in [5.41, 5.74) is 1.67. The summed E-state index contributed by atoms with van der Waals surface area (Å²) < 4.78 is 7.14. The number of unbranched alkanes of at least 4 members (excludes halogenated alkanes) is 1. The summed E-state index contributed by atoms with van der Waals surface area (Å²) in [6.07, 6.45) is 2.08. The number of methoxy groups -OCH3 is 1. The molecule has 3 aromatic rings. The van der Waals surface area contributed by atoms with Crippen molar-refractivity contribution in [2.45, 2.75) is 33.2 Å². The van der Waals surface area contributed by atoms with E-state index in [-0.39, 0.29) is 5.91 Å². The lowest BCUT2D eigenvalue weighted by molar-refractivity contribution is -0.114. The summed E-state index contributed by atoms with van der Waals surface area (Å²) in [4.78, 5) is 16.2. The van der Waals surface area contributed by atoms with E-state index < -0.39 is 0 Å². The topological polar surface area (TPSA) is 69.0 Å². The van der Waals surface area contributed by atoms with Gasteiger partial charge in [-0.3, -0.25) is 4.79 Å². The first-order chi connectivity index (χ1) is 11.1. The van der Waals surface area contributed by atoms with Crippen LogP contribution in [0.1, 0.15) is 26.7 Å². The van der Waals surface area contributed by atoms with Crippen LogP contribution in [0.25, 0.3) is 21.9 Å². The molecular formula is C17H20N4O2. The minimum Gasteiger partial charge on any atom is -0.497 e. The lowest BCUT2D eigenvalue weighted by Crippen LogP contribution is -2.07. The number of hydrogen-bond acceptors (Lipinski definition) is 4. The molecular weight excluding hydrogens is 292 g/mol. The van der Waals surface area contributed by atoms with Gasteiger partial charge in [0.25, 0.3) is 0 Å². The summed E-state index contributed by atoms with van der Waals surface area (Å²) in [5, 5.41) is 9.12. The first kappa shape index (κ1) is 15.3. The lowest BCUT2D eigenvalue weighted by Gasteiger charge is -2.04. The molecule has 0 spiro atoms. The Kier molecular flexibility index (Phi) is 4.14. The number of fused-ring (bicyclic) bond motifs is 2. The van der Waals surface area contributed by atoms with E-state index in [2.05, 4.69) is 17.3 Å². The summed E-state index contributed by atoms with van der Waals surface area (Å²) in [5.74, 6) is 1.19. The molecule has 0 aliphatic rings. The molecule has 120 valence electrons. The van der Waals surface area contributed by atoms with E-state index in [0.29, 0.717) is 5.82 Å². The van der Waals surface area contributed by atoms with Crippen LogP contribution in [-0.2, 0) is 11.3 Å². The molecule has 2 heterocycles. The van der Waals surface area contributed by atoms with Gasteiger partial charge in [-0.05, 0) is 30.7 Å². The maximum Gasteiger partial charge on any atom is 0.222 e. The number of rotatable bonds is 5. The van der Waals surface area contributed by atoms with Gasteiger partial charge in [-0.1, -0.05) is 13.3 Å². The molecule has 0 fully saturated rings. The second kappa shape index (κ2) is 6.24. The zero-order valence-electron chi connectivity index (χ0n) is 13.6. The van der Waals surface area contributed by atoms with E-state index in [4.69, 9.17) is 9.72 Å². The maximum absolute atomic E-state index is 11.4. The molecule has 1 amide bonds. The van der Waals surface area contributed by atoms with E-state index in [1.165, 1.54) is 6.92 Å². The van der Waals surface area contributed by atoms with Gasteiger partial charge in [0.1, 0.15) is 5.75 Å². The highest BCUT2D eigenvalue weighted by molar-refractivity contribution is 6.02. The first-order valence-electron chi connectivity index (χ1n) is 7.75. The predicted octanol–water partition coefficient (Wildman–Crippen LogP) is 3.35. The quantitative estimate of drug-likeness (QED) is 0.784. The SMILES string of the molecule is CCCCn1nc(NC(C)=O)c2cc3cc(OC)ccc3nc21. The summed E-state index contributed by atoms with van der Waals surface area (Å²) in [7, 11) is 1.64. The molecule has 0 saturated carbocycles. The van der Waals surface area contributed by atoms with E-state index in [1.54, 1.807) is 7.11 Å². The van der Waals surface area contributed by atoms with Gasteiger partial charge < -0.3 is 10.1 Å². The molecule has 0 saturated heterocycles. The number of carbonyl (C=O) groups is 1. The third-order valence-corrected chi connectivity index (χ3v) is 3.74. The number of benzene rings is 1. The number of ether oxygens (including phenoxy) is 1. The number of anilines is 1. The van der Waals surface area contributed by atoms with Crippen molar-refractivity contribution in [2.75, 3.05) is 12.4 Å². The number of pyridine rings is 1. The number of nitrogens with one attached hydrogen (secondary N) is 1. The van der Waals surface area contributed by atoms with Crippen LogP contribution in [0.5, 0.6) is 5.75 Å². The predicted molar refractivity (Wildman–Crippen MR) is 90.8 cm³/mol. The molecule has 0 unspecified atom stereocenters. The Morgan fingerprint density at radius 3 is 2.87 bits per heavy atom. The Labute approximate surface area is 134 Å². The number of carbonyl (C=O) groups excluding carboxylic acids is 1. The van der Waals surface area contributed by atoms with Gasteiger partial charge in [0.2, 0.25) is 5.91 Å². The zero-order chi connectivity index (χ0) is 16.4. The molecule has 1 N–H and O–H groups in total. The Bertz CT molecular complexity index is 870. The average molecular weight is 312 g/mol. The van der Waals surface area contributed by atoms with Crippen LogP contribution >= 0.6 is 0 Å². The minimum absolute atomic E-state index is 0.141. The number of amides is 1. The standard InChI is InChI=1S/C17H20N4O2/c1-4-5-8-21-17-14(16(20-21)18-11(2)22)10-12-9-13(23-3)6-7-15(12)19-17/h6-7,9-10H,4-5,8H2,1-3H3,(H,18,20,22). The maximum atomic E-state index is 11.4. The van der Waals surface area contributed by atoms with Crippen LogP contribution in [0, 0.1) is 0 Å². The molecule has 0 aliphatic heterocycles. The van der Waals surface area contributed by atoms with Crippen molar-refractivity contribution in [2.24, 2.45) is 0 Å². The van der Waals surface area contributed by atoms with Crippen molar-refractivity contribution >= 4 is 33.7 Å². The zero-order valence-corrected chi connectivity index (χ0v) is 13.6. The van der Waals surface area contributed by atoms with Crippen LogP contribution in [-0.4, -0.2) is 27.8 Å². The Morgan fingerprint density at radius 1 is 1.35 bits per heavy atom. The fourth-order valence-corrected chi connectivity index (χ4v) is 2.59. The van der Waals surface area contributed by atoms with E-state index in [1.807, 2.05) is 28.9 Å². The Morgan fingerprint density at radius 2 is 2.17 bits per heavy atom. The van der Waals surface area contributed by atoms with Gasteiger partial charge in [0.05, 0.1) is 18.0 Å². The number of nitrogens with zero attached hydrogens (tertiary/aromatic N) is 3. The molecule has 0 atom stereocenters. The van der Waals surface area contributed by atoms with Gasteiger partial charge in [-0.25, -0.2) is 9.67 Å². The average Bonchev–Trinajstić information content (AvgIpc) is 2.86. The number of aromatic nitrogens is 3. The third kappa shape index (κ3) is 2.97. The van der Waals surface area contributed by atoms with Crippen molar-refractivity contribution in [1.82, 2.24) is 14.8 Å². The second-order valence-corrected chi connectivity index (χ2v) is 5.52. The molecule has 0 aliphatic carbocycles. The number of hydrogen-bond donors (Lipinski definition) is 1. The lowest BCUT2D eigenvalue weighted by atomic mass is 10.1. The highest BCUT2D eigenvalue weighted by Gasteiger charge is 2.14. The molecule has 2 aromatic heterocycles. The fraction of sp³-hybridized carbons (Fsp3) is 0.353. The molecule has 0 radical (unpaired) electrons. The van der Waals surface area contributed by atoms with Crippen LogP contribution < -0.4 is 10.1 Å². The molecule has 23 heavy (non-hydrogen) atoms. The smallest absolute Gasteiger partial charge is 0.222 e. The summed E-state index contributed by atoms with van der Waals surface area (Å²) >= 11 is 0. The normalized spacial score (nSPS) is 11.1. The van der Waals surface area contributed by atoms with Crippen molar-refractivity contribution in [1.29, 1.82) is 0 Å². The van der Waals surface area contributed by atoms with Gasteiger partial charge in [-0.15, -0.1) is 0 Å². The van der Waals surface area contributed by atoms with Crippen molar-refractivity contribution < 1.29 is 9.53 Å². The highest BCUT2D eigenvalue weighted by Crippen LogP contribution is 2.28. The molecule has 3 rings (SSSR count). The molecule has 0 bridgehead atoms. The Hall–Kier alpha value is -2.63. The molecule has 6 heteroatoms. The second-order valence-electron chi connectivity index (χ2n) is 5.52. The summed E-state index contributed by atoms with van der Waals surface area (Å²) in [6, 6.07) is 7.76. The monoisotopic (exact) mass is 312 g/mol. The highest BCUT2D eigenvalue weighted by atomic mass is 16.5. The van der Waals surface area contributed by atoms with Crippen LogP contribution in [0.4, 0.5) is 5.82 Å². The van der Waals surface area contributed by atoms with E-state index >= 15 is 0 Å². The fourth-order valence-electron chi connectivity index (χ4n) is 2.59. The first-order valence-corrected chi connectivity index (χ1v) is 7.75. The van der Waals surface area contributed by atoms with Crippen LogP contribution in [0.3, 0.4) is 0 Å². The largest absolute Gasteiger partial charge is 0.497 e. The van der Waals surface area contributed by atoms with E-state index in [9.17, 15) is 4.79 Å². The molecule has 6 nitrogen and oxygen atoms in total. The van der Waals surface area contributed by atoms with Crippen LogP contribution in [0.15, 0.2) is 24.3 Å². The van der Waals surface area contributed by atoms with Crippen molar-refractivity contribution in [3.05, 3.63) is 24.3 Å². The summed E-state index contributed by atoms with van der Waals surface area (Å²) in [6.45, 7) is 4.39. The van der Waals surface area contributed by atoms with Gasteiger partial charge >= 0.3 is 0 Å². The van der Waals surface area contributed by atoms with Crippen LogP contribution in [0.2, 0.25) is 0 Å². The minimum atomic E-state index is -0.141. The Balaban J connectivity index is 2.20.